The summed E-state index contributed by atoms with van der Waals surface area (Å²) < 4.78 is 21.4. The second-order valence-corrected chi connectivity index (χ2v) is 4.54. The van der Waals surface area contributed by atoms with E-state index in [0.717, 1.165) is 49.8 Å². The van der Waals surface area contributed by atoms with E-state index in [2.05, 4.69) is 5.32 Å². The van der Waals surface area contributed by atoms with Crippen LogP contribution < -0.4 is 14.8 Å². The molecule has 0 saturated heterocycles. The van der Waals surface area contributed by atoms with Crippen molar-refractivity contribution in [2.45, 2.75) is 19.9 Å². The molecule has 1 rings (SSSR count). The van der Waals surface area contributed by atoms with Crippen LogP contribution in [0.15, 0.2) is 18.2 Å². The zero-order valence-corrected chi connectivity index (χ0v) is 13.3. The highest BCUT2D eigenvalue weighted by atomic mass is 16.5. The van der Waals surface area contributed by atoms with Crippen LogP contribution in [0, 0.1) is 0 Å². The molecule has 0 aromatic heterocycles. The minimum Gasteiger partial charge on any atom is -0.497 e. The first kappa shape index (κ1) is 17.8. The Morgan fingerprint density at radius 2 is 1.95 bits per heavy atom. The van der Waals surface area contributed by atoms with Gasteiger partial charge in [0.2, 0.25) is 0 Å². The van der Waals surface area contributed by atoms with Crippen molar-refractivity contribution in [1.29, 1.82) is 0 Å². The minimum atomic E-state index is 0.650. The second kappa shape index (κ2) is 11.4. The molecule has 1 N–H and O–H groups in total. The maximum atomic E-state index is 5.83. The van der Waals surface area contributed by atoms with Crippen LogP contribution in [0.25, 0.3) is 0 Å². The number of hydrogen-bond acceptors (Lipinski definition) is 5. The van der Waals surface area contributed by atoms with Gasteiger partial charge in [-0.05, 0) is 25.1 Å². The number of rotatable bonds is 12. The van der Waals surface area contributed by atoms with Gasteiger partial charge in [-0.2, -0.15) is 0 Å². The van der Waals surface area contributed by atoms with E-state index in [1.807, 2.05) is 25.1 Å². The molecule has 0 bridgehead atoms. The molecular weight excluding hydrogens is 270 g/mol. The highest BCUT2D eigenvalue weighted by Crippen LogP contribution is 2.24. The van der Waals surface area contributed by atoms with Crippen molar-refractivity contribution in [3.63, 3.8) is 0 Å². The summed E-state index contributed by atoms with van der Waals surface area (Å²) in [6.45, 7) is 6.34. The van der Waals surface area contributed by atoms with Crippen molar-refractivity contribution >= 4 is 0 Å². The summed E-state index contributed by atoms with van der Waals surface area (Å²) in [5, 5.41) is 3.32. The van der Waals surface area contributed by atoms with Gasteiger partial charge in [0, 0.05) is 45.4 Å². The number of ether oxygens (including phenoxy) is 4. The van der Waals surface area contributed by atoms with Crippen LogP contribution in [0.3, 0.4) is 0 Å². The third-order valence-electron chi connectivity index (χ3n) is 2.96. The Kier molecular flexibility index (Phi) is 9.61. The van der Waals surface area contributed by atoms with Gasteiger partial charge in [0.25, 0.3) is 0 Å². The SMILES string of the molecule is CCOCCCOc1ccc(OC)cc1CNCCOC. The van der Waals surface area contributed by atoms with E-state index >= 15 is 0 Å². The van der Waals surface area contributed by atoms with Crippen LogP contribution in [0.2, 0.25) is 0 Å². The quantitative estimate of drug-likeness (QED) is 0.600. The first-order valence-corrected chi connectivity index (χ1v) is 7.39. The van der Waals surface area contributed by atoms with E-state index in [-0.39, 0.29) is 0 Å². The summed E-state index contributed by atoms with van der Waals surface area (Å²) in [6, 6.07) is 5.86. The fraction of sp³-hybridized carbons (Fsp3) is 0.625. The molecule has 5 heteroatoms. The predicted molar refractivity (Wildman–Crippen MR) is 83.2 cm³/mol. The van der Waals surface area contributed by atoms with E-state index in [1.165, 1.54) is 0 Å². The molecule has 0 amide bonds. The molecule has 0 unspecified atom stereocenters. The summed E-state index contributed by atoms with van der Waals surface area (Å²) in [6.07, 6.45) is 0.885. The molecule has 1 aromatic carbocycles. The average molecular weight is 297 g/mol. The molecule has 0 atom stereocenters. The molecule has 0 aliphatic heterocycles. The second-order valence-electron chi connectivity index (χ2n) is 4.54. The van der Waals surface area contributed by atoms with Gasteiger partial charge in [0.05, 0.1) is 20.3 Å². The smallest absolute Gasteiger partial charge is 0.124 e. The summed E-state index contributed by atoms with van der Waals surface area (Å²) >= 11 is 0. The highest BCUT2D eigenvalue weighted by Gasteiger charge is 2.06. The first-order valence-electron chi connectivity index (χ1n) is 7.39. The van der Waals surface area contributed by atoms with Crippen LogP contribution in [0.5, 0.6) is 11.5 Å². The monoisotopic (exact) mass is 297 g/mol. The number of nitrogens with one attached hydrogen (secondary N) is 1. The zero-order chi connectivity index (χ0) is 15.3. The van der Waals surface area contributed by atoms with Crippen molar-refractivity contribution in [2.75, 3.05) is 47.2 Å². The molecule has 0 fully saturated rings. The van der Waals surface area contributed by atoms with E-state index < -0.39 is 0 Å². The highest BCUT2D eigenvalue weighted by molar-refractivity contribution is 5.40. The Morgan fingerprint density at radius 3 is 2.67 bits per heavy atom. The van der Waals surface area contributed by atoms with Gasteiger partial charge >= 0.3 is 0 Å². The fourth-order valence-corrected chi connectivity index (χ4v) is 1.85. The maximum Gasteiger partial charge on any atom is 0.124 e. The van der Waals surface area contributed by atoms with Gasteiger partial charge < -0.3 is 24.3 Å². The Labute approximate surface area is 127 Å². The van der Waals surface area contributed by atoms with Gasteiger partial charge in [-0.3, -0.25) is 0 Å². The van der Waals surface area contributed by atoms with Crippen LogP contribution in [-0.4, -0.2) is 47.2 Å². The van der Waals surface area contributed by atoms with Crippen molar-refractivity contribution < 1.29 is 18.9 Å². The number of methoxy groups -OCH3 is 2. The van der Waals surface area contributed by atoms with Gasteiger partial charge in [-0.15, -0.1) is 0 Å². The molecule has 21 heavy (non-hydrogen) atoms. The van der Waals surface area contributed by atoms with E-state index in [4.69, 9.17) is 18.9 Å². The van der Waals surface area contributed by atoms with Crippen molar-refractivity contribution in [3.05, 3.63) is 23.8 Å². The summed E-state index contributed by atoms with van der Waals surface area (Å²) in [7, 11) is 3.36. The fourth-order valence-electron chi connectivity index (χ4n) is 1.85. The van der Waals surface area contributed by atoms with Crippen LogP contribution in [0.1, 0.15) is 18.9 Å². The van der Waals surface area contributed by atoms with Crippen molar-refractivity contribution in [1.82, 2.24) is 5.32 Å². The molecule has 0 heterocycles. The van der Waals surface area contributed by atoms with E-state index in [0.29, 0.717) is 13.2 Å². The Bertz CT molecular complexity index is 385. The lowest BCUT2D eigenvalue weighted by molar-refractivity contribution is 0.130. The molecule has 120 valence electrons. The number of benzene rings is 1. The lowest BCUT2D eigenvalue weighted by atomic mass is 10.2. The maximum absolute atomic E-state index is 5.83. The number of hydrogen-bond donors (Lipinski definition) is 1. The molecule has 0 saturated carbocycles. The summed E-state index contributed by atoms with van der Waals surface area (Å²) in [5.41, 5.74) is 1.09. The van der Waals surface area contributed by atoms with Gasteiger partial charge in [0.15, 0.2) is 0 Å². The molecule has 0 radical (unpaired) electrons. The van der Waals surface area contributed by atoms with E-state index in [1.54, 1.807) is 14.2 Å². The van der Waals surface area contributed by atoms with Crippen molar-refractivity contribution in [3.8, 4) is 11.5 Å². The summed E-state index contributed by atoms with van der Waals surface area (Å²) in [4.78, 5) is 0. The standard InChI is InChI=1S/C16H27NO4/c1-4-20-9-5-10-21-16-7-6-15(19-3)12-14(16)13-17-8-11-18-2/h6-7,12,17H,4-5,8-11,13H2,1-3H3. The molecule has 0 aliphatic carbocycles. The molecule has 0 spiro atoms. The van der Waals surface area contributed by atoms with Crippen molar-refractivity contribution in [2.24, 2.45) is 0 Å². The Balaban J connectivity index is 2.50. The Hall–Kier alpha value is -1.30. The topological polar surface area (TPSA) is 49.0 Å². The molecule has 5 nitrogen and oxygen atoms in total. The van der Waals surface area contributed by atoms with Crippen LogP contribution in [0.4, 0.5) is 0 Å². The lowest BCUT2D eigenvalue weighted by Gasteiger charge is -2.13. The minimum absolute atomic E-state index is 0.650. The molecular formula is C16H27NO4. The normalized spacial score (nSPS) is 10.6. The van der Waals surface area contributed by atoms with Gasteiger partial charge in [-0.1, -0.05) is 0 Å². The average Bonchev–Trinajstić information content (AvgIpc) is 2.52. The predicted octanol–water partition coefficient (Wildman–Crippen LogP) is 2.24. The molecule has 1 aromatic rings. The van der Waals surface area contributed by atoms with Gasteiger partial charge in [-0.25, -0.2) is 0 Å². The van der Waals surface area contributed by atoms with Gasteiger partial charge in [0.1, 0.15) is 11.5 Å². The lowest BCUT2D eigenvalue weighted by Crippen LogP contribution is -2.19. The summed E-state index contributed by atoms with van der Waals surface area (Å²) in [5.74, 6) is 1.72. The molecule has 0 aliphatic rings. The van der Waals surface area contributed by atoms with E-state index in [9.17, 15) is 0 Å². The Morgan fingerprint density at radius 1 is 1.10 bits per heavy atom. The largest absolute Gasteiger partial charge is 0.497 e. The third-order valence-corrected chi connectivity index (χ3v) is 2.96. The zero-order valence-electron chi connectivity index (χ0n) is 13.3. The van der Waals surface area contributed by atoms with Crippen LogP contribution >= 0.6 is 0 Å². The van der Waals surface area contributed by atoms with Crippen LogP contribution in [-0.2, 0) is 16.0 Å². The third kappa shape index (κ3) is 7.32. The first-order chi connectivity index (χ1) is 10.3.